The van der Waals surface area contributed by atoms with E-state index in [9.17, 15) is 4.79 Å². The number of rotatable bonds is 6. The molecule has 1 fully saturated rings. The minimum Gasteiger partial charge on any atom is -0.465 e. The highest BCUT2D eigenvalue weighted by atomic mass is 32.1. The fourth-order valence-corrected chi connectivity index (χ4v) is 3.27. The van der Waals surface area contributed by atoms with E-state index in [0.29, 0.717) is 17.2 Å². The Hall–Kier alpha value is -2.48. The van der Waals surface area contributed by atoms with Crippen molar-refractivity contribution in [3.8, 4) is 0 Å². The van der Waals surface area contributed by atoms with Crippen LogP contribution in [0.25, 0.3) is 0 Å². The molecule has 0 spiro atoms. The summed E-state index contributed by atoms with van der Waals surface area (Å²) in [7, 11) is 1.36. The molecule has 2 aromatic rings. The molecule has 0 atom stereocenters. The number of hydrogen-bond donors (Lipinski definition) is 2. The van der Waals surface area contributed by atoms with Gasteiger partial charge in [-0.25, -0.2) is 4.79 Å². The van der Waals surface area contributed by atoms with Crippen molar-refractivity contribution in [3.63, 3.8) is 0 Å². The second-order valence-electron chi connectivity index (χ2n) is 6.54. The van der Waals surface area contributed by atoms with Gasteiger partial charge in [-0.1, -0.05) is 30.3 Å². The van der Waals surface area contributed by atoms with Crippen molar-refractivity contribution in [1.29, 1.82) is 0 Å². The van der Waals surface area contributed by atoms with E-state index in [1.807, 2.05) is 12.1 Å². The summed E-state index contributed by atoms with van der Waals surface area (Å²) < 4.78 is 10.2. The van der Waals surface area contributed by atoms with Crippen LogP contribution in [0.4, 0.5) is 5.69 Å². The summed E-state index contributed by atoms with van der Waals surface area (Å²) in [5.74, 6) is -0.375. The molecule has 3 rings (SSSR count). The van der Waals surface area contributed by atoms with E-state index in [-0.39, 0.29) is 5.97 Å². The van der Waals surface area contributed by atoms with Crippen molar-refractivity contribution < 1.29 is 14.3 Å². The summed E-state index contributed by atoms with van der Waals surface area (Å²) in [6.45, 7) is 5.03. The largest absolute Gasteiger partial charge is 0.465 e. The average Bonchev–Trinajstić information content (AvgIpc) is 2.73. The van der Waals surface area contributed by atoms with Gasteiger partial charge in [0.2, 0.25) is 0 Å². The predicted molar refractivity (Wildman–Crippen MR) is 113 cm³/mol. The van der Waals surface area contributed by atoms with Crippen LogP contribution in [-0.4, -0.2) is 49.4 Å². The number of carbonyl (C=O) groups is 1. The van der Waals surface area contributed by atoms with E-state index in [0.717, 1.165) is 38.5 Å². The van der Waals surface area contributed by atoms with E-state index < -0.39 is 0 Å². The third-order valence-corrected chi connectivity index (χ3v) is 4.84. The van der Waals surface area contributed by atoms with E-state index >= 15 is 0 Å². The number of nitrogens with one attached hydrogen (secondary N) is 2. The molecule has 1 saturated heterocycles. The highest BCUT2D eigenvalue weighted by Crippen LogP contribution is 2.14. The standard InChI is InChI=1S/C21H25N3O3S/c1-26-20(25)16-7-4-8-19(13-16)23-21(28)22-14-17-5-2-3-6-18(17)15-24-9-11-27-12-10-24/h2-8,13H,9-12,14-15H2,1H3,(H2,22,23,28). The first kappa shape index (κ1) is 20.3. The number of morpholine rings is 1. The van der Waals surface area contributed by atoms with Gasteiger partial charge in [0, 0.05) is 31.9 Å². The van der Waals surface area contributed by atoms with Crippen LogP contribution in [-0.2, 0) is 22.6 Å². The van der Waals surface area contributed by atoms with Crippen LogP contribution in [0.1, 0.15) is 21.5 Å². The van der Waals surface area contributed by atoms with Crippen molar-refractivity contribution in [2.75, 3.05) is 38.7 Å². The lowest BCUT2D eigenvalue weighted by atomic mass is 10.1. The number of anilines is 1. The summed E-state index contributed by atoms with van der Waals surface area (Å²) in [6.07, 6.45) is 0. The zero-order valence-electron chi connectivity index (χ0n) is 15.9. The maximum atomic E-state index is 11.7. The van der Waals surface area contributed by atoms with Crippen LogP contribution < -0.4 is 10.6 Å². The number of carbonyl (C=O) groups excluding carboxylic acids is 1. The molecule has 0 aromatic heterocycles. The number of hydrogen-bond acceptors (Lipinski definition) is 5. The molecule has 1 heterocycles. The lowest BCUT2D eigenvalue weighted by molar-refractivity contribution is 0.0341. The Bertz CT molecular complexity index is 822. The Kier molecular flexibility index (Phi) is 7.36. The summed E-state index contributed by atoms with van der Waals surface area (Å²) in [5.41, 5.74) is 3.71. The highest BCUT2D eigenvalue weighted by molar-refractivity contribution is 7.80. The van der Waals surface area contributed by atoms with Gasteiger partial charge in [-0.2, -0.15) is 0 Å². The number of esters is 1. The number of benzene rings is 2. The SMILES string of the molecule is COC(=O)c1cccc(NC(=S)NCc2ccccc2CN2CCOCC2)c1. The fraction of sp³-hybridized carbons (Fsp3) is 0.333. The highest BCUT2D eigenvalue weighted by Gasteiger charge is 2.13. The van der Waals surface area contributed by atoms with Crippen molar-refractivity contribution in [2.24, 2.45) is 0 Å². The number of methoxy groups -OCH3 is 1. The first-order valence-electron chi connectivity index (χ1n) is 9.26. The molecule has 0 unspecified atom stereocenters. The Morgan fingerprint density at radius 1 is 1.14 bits per heavy atom. The van der Waals surface area contributed by atoms with E-state index in [4.69, 9.17) is 21.7 Å². The molecular weight excluding hydrogens is 374 g/mol. The van der Waals surface area contributed by atoms with Crippen LogP contribution in [0.5, 0.6) is 0 Å². The van der Waals surface area contributed by atoms with Gasteiger partial charge in [0.05, 0.1) is 25.9 Å². The molecule has 0 bridgehead atoms. The maximum absolute atomic E-state index is 11.7. The van der Waals surface area contributed by atoms with Gasteiger partial charge in [0.15, 0.2) is 5.11 Å². The molecule has 28 heavy (non-hydrogen) atoms. The first-order chi connectivity index (χ1) is 13.7. The number of nitrogens with zero attached hydrogens (tertiary/aromatic N) is 1. The molecular formula is C21H25N3O3S. The maximum Gasteiger partial charge on any atom is 0.337 e. The Morgan fingerprint density at radius 3 is 2.64 bits per heavy atom. The smallest absolute Gasteiger partial charge is 0.337 e. The van der Waals surface area contributed by atoms with Crippen molar-refractivity contribution in [2.45, 2.75) is 13.1 Å². The fourth-order valence-electron chi connectivity index (χ4n) is 3.08. The number of thiocarbonyl (C=S) groups is 1. The second kappa shape index (κ2) is 10.2. The summed E-state index contributed by atoms with van der Waals surface area (Å²) in [5, 5.41) is 6.87. The molecule has 148 valence electrons. The minimum absolute atomic E-state index is 0.375. The van der Waals surface area contributed by atoms with Crippen molar-refractivity contribution in [1.82, 2.24) is 10.2 Å². The zero-order valence-corrected chi connectivity index (χ0v) is 16.8. The van der Waals surface area contributed by atoms with Crippen molar-refractivity contribution in [3.05, 3.63) is 65.2 Å². The van der Waals surface area contributed by atoms with Gasteiger partial charge < -0.3 is 20.1 Å². The minimum atomic E-state index is -0.375. The van der Waals surface area contributed by atoms with Crippen LogP contribution in [0.3, 0.4) is 0 Å². The summed E-state index contributed by atoms with van der Waals surface area (Å²) in [4.78, 5) is 14.1. The van der Waals surface area contributed by atoms with Gasteiger partial charge in [0.25, 0.3) is 0 Å². The second-order valence-corrected chi connectivity index (χ2v) is 6.95. The van der Waals surface area contributed by atoms with Gasteiger partial charge in [-0.05, 0) is 41.5 Å². The van der Waals surface area contributed by atoms with Gasteiger partial charge in [-0.3, -0.25) is 4.90 Å². The molecule has 0 radical (unpaired) electrons. The normalized spacial score (nSPS) is 14.3. The quantitative estimate of drug-likeness (QED) is 0.572. The molecule has 0 saturated carbocycles. The molecule has 1 aliphatic heterocycles. The van der Waals surface area contributed by atoms with E-state index in [1.54, 1.807) is 18.2 Å². The molecule has 0 amide bonds. The van der Waals surface area contributed by atoms with E-state index in [2.05, 4.69) is 33.7 Å². The molecule has 2 aromatic carbocycles. The predicted octanol–water partition coefficient (Wildman–Crippen LogP) is 2.79. The average molecular weight is 400 g/mol. The summed E-state index contributed by atoms with van der Waals surface area (Å²) >= 11 is 5.41. The number of ether oxygens (including phenoxy) is 2. The topological polar surface area (TPSA) is 62.8 Å². The van der Waals surface area contributed by atoms with E-state index in [1.165, 1.54) is 18.2 Å². The molecule has 1 aliphatic rings. The lowest BCUT2D eigenvalue weighted by Crippen LogP contribution is -2.36. The Labute approximate surface area is 170 Å². The third kappa shape index (κ3) is 5.76. The van der Waals surface area contributed by atoms with Crippen LogP contribution in [0.15, 0.2) is 48.5 Å². The Morgan fingerprint density at radius 2 is 1.89 bits per heavy atom. The van der Waals surface area contributed by atoms with Gasteiger partial charge in [0.1, 0.15) is 0 Å². The molecule has 6 nitrogen and oxygen atoms in total. The first-order valence-corrected chi connectivity index (χ1v) is 9.66. The van der Waals surface area contributed by atoms with Crippen LogP contribution in [0.2, 0.25) is 0 Å². The van der Waals surface area contributed by atoms with Gasteiger partial charge >= 0.3 is 5.97 Å². The third-order valence-electron chi connectivity index (χ3n) is 4.60. The van der Waals surface area contributed by atoms with Gasteiger partial charge in [-0.15, -0.1) is 0 Å². The van der Waals surface area contributed by atoms with Crippen LogP contribution in [0, 0.1) is 0 Å². The molecule has 2 N–H and O–H groups in total. The molecule has 7 heteroatoms. The molecule has 0 aliphatic carbocycles. The lowest BCUT2D eigenvalue weighted by Gasteiger charge is -2.27. The summed E-state index contributed by atoms with van der Waals surface area (Å²) in [6, 6.07) is 15.4. The van der Waals surface area contributed by atoms with Crippen molar-refractivity contribution >= 4 is 29.0 Å². The van der Waals surface area contributed by atoms with Crippen LogP contribution >= 0.6 is 12.2 Å². The zero-order chi connectivity index (χ0) is 19.8. The Balaban J connectivity index is 1.57. The monoisotopic (exact) mass is 399 g/mol.